The molecule has 112 valence electrons. The van der Waals surface area contributed by atoms with Crippen LogP contribution >= 0.6 is 11.3 Å². The Balaban J connectivity index is 2.09. The molecular weight excluding hydrogens is 307 g/mol. The Morgan fingerprint density at radius 3 is 2.86 bits per heavy atom. The summed E-state index contributed by atoms with van der Waals surface area (Å²) < 4.78 is 14.7. The van der Waals surface area contributed by atoms with Crippen molar-refractivity contribution in [2.24, 2.45) is 7.05 Å². The monoisotopic (exact) mass is 318 g/mol. The molecule has 0 saturated heterocycles. The van der Waals surface area contributed by atoms with Crippen LogP contribution in [0.3, 0.4) is 0 Å². The number of benzene rings is 1. The van der Waals surface area contributed by atoms with Gasteiger partial charge in [0.15, 0.2) is 10.8 Å². The Hall–Kier alpha value is -2.61. The number of aromatic nitrogens is 3. The van der Waals surface area contributed by atoms with Gasteiger partial charge in [-0.3, -0.25) is 19.6 Å². The van der Waals surface area contributed by atoms with Crippen LogP contribution in [0.5, 0.6) is 0 Å². The van der Waals surface area contributed by atoms with E-state index >= 15 is 0 Å². The second-order valence-corrected chi connectivity index (χ2v) is 5.57. The largest absolute Gasteiger partial charge is 0.296 e. The van der Waals surface area contributed by atoms with Crippen molar-refractivity contribution in [1.29, 1.82) is 0 Å². The highest BCUT2D eigenvalue weighted by atomic mass is 32.1. The highest BCUT2D eigenvalue weighted by Crippen LogP contribution is 2.15. The smallest absolute Gasteiger partial charge is 0.281 e. The summed E-state index contributed by atoms with van der Waals surface area (Å²) >= 11 is 1.25. The average molecular weight is 318 g/mol. The fourth-order valence-corrected chi connectivity index (χ4v) is 2.75. The zero-order valence-electron chi connectivity index (χ0n) is 11.8. The van der Waals surface area contributed by atoms with Crippen LogP contribution in [0.4, 0.5) is 9.52 Å². The molecule has 6 nitrogen and oxygen atoms in total. The summed E-state index contributed by atoms with van der Waals surface area (Å²) in [5.74, 6) is -1.21. The van der Waals surface area contributed by atoms with E-state index in [0.717, 1.165) is 11.8 Å². The van der Waals surface area contributed by atoms with E-state index in [1.54, 1.807) is 19.4 Å². The summed E-state index contributed by atoms with van der Waals surface area (Å²) in [6.45, 7) is 1.79. The first-order chi connectivity index (χ1) is 10.5. The van der Waals surface area contributed by atoms with Crippen LogP contribution in [0.2, 0.25) is 0 Å². The molecule has 0 spiro atoms. The normalized spacial score (nSPS) is 10.9. The van der Waals surface area contributed by atoms with E-state index in [-0.39, 0.29) is 11.1 Å². The summed E-state index contributed by atoms with van der Waals surface area (Å²) in [6.07, 6.45) is 0. The summed E-state index contributed by atoms with van der Waals surface area (Å²) in [5.41, 5.74) is 0.307. The van der Waals surface area contributed by atoms with Crippen LogP contribution in [0, 0.1) is 12.7 Å². The zero-order chi connectivity index (χ0) is 15.9. The van der Waals surface area contributed by atoms with Gasteiger partial charge in [0.05, 0.1) is 16.6 Å². The van der Waals surface area contributed by atoms with E-state index in [1.165, 1.54) is 28.2 Å². The fourth-order valence-electron chi connectivity index (χ4n) is 2.07. The van der Waals surface area contributed by atoms with Gasteiger partial charge >= 0.3 is 0 Å². The molecule has 0 aliphatic rings. The second-order valence-electron chi connectivity index (χ2n) is 4.71. The molecule has 0 unspecified atom stereocenters. The number of nitrogens with one attached hydrogen (secondary N) is 1. The van der Waals surface area contributed by atoms with Gasteiger partial charge in [0.2, 0.25) is 5.43 Å². The number of anilines is 1. The van der Waals surface area contributed by atoms with Crippen LogP contribution in [-0.2, 0) is 7.05 Å². The Labute approximate surface area is 128 Å². The molecule has 0 fully saturated rings. The number of nitrogens with zero attached hydrogens (tertiary/aromatic N) is 3. The van der Waals surface area contributed by atoms with Gasteiger partial charge in [0.25, 0.3) is 5.91 Å². The van der Waals surface area contributed by atoms with Crippen LogP contribution in [0.1, 0.15) is 16.2 Å². The van der Waals surface area contributed by atoms with Gasteiger partial charge < -0.3 is 0 Å². The molecule has 0 bridgehead atoms. The molecule has 3 aromatic rings. The third-order valence-corrected chi connectivity index (χ3v) is 3.95. The molecule has 2 aromatic heterocycles. The topological polar surface area (TPSA) is 76.9 Å². The molecular formula is C14H11FN4O2S. The number of carbonyl (C=O) groups excluding carboxylic acids is 1. The third-order valence-electron chi connectivity index (χ3n) is 3.07. The van der Waals surface area contributed by atoms with Crippen LogP contribution in [0.25, 0.3) is 10.9 Å². The van der Waals surface area contributed by atoms with Gasteiger partial charge in [-0.25, -0.2) is 9.37 Å². The molecule has 0 aliphatic carbocycles. The first-order valence-electron chi connectivity index (χ1n) is 6.36. The van der Waals surface area contributed by atoms with Gasteiger partial charge in [-0.2, -0.15) is 5.10 Å². The van der Waals surface area contributed by atoms with Crippen molar-refractivity contribution in [2.75, 3.05) is 5.32 Å². The Kier molecular flexibility index (Phi) is 3.45. The standard InChI is InChI=1S/C14H11FN4O2S/c1-7-6-22-14(16-7)17-13(21)11-12(20)9-5-8(15)3-4-10(9)19(2)18-11/h3-6H,1-2H3,(H,16,17,21). The first kappa shape index (κ1) is 14.3. The van der Waals surface area contributed by atoms with Crippen LogP contribution in [0.15, 0.2) is 28.4 Å². The molecule has 3 rings (SSSR count). The number of hydrogen-bond acceptors (Lipinski definition) is 5. The summed E-state index contributed by atoms with van der Waals surface area (Å²) in [6, 6.07) is 3.79. The van der Waals surface area contributed by atoms with E-state index < -0.39 is 17.2 Å². The lowest BCUT2D eigenvalue weighted by molar-refractivity contribution is 0.101. The Morgan fingerprint density at radius 1 is 1.41 bits per heavy atom. The van der Waals surface area contributed by atoms with E-state index in [4.69, 9.17) is 0 Å². The van der Waals surface area contributed by atoms with Gasteiger partial charge in [-0.15, -0.1) is 11.3 Å². The van der Waals surface area contributed by atoms with Crippen molar-refractivity contribution in [3.8, 4) is 0 Å². The summed E-state index contributed by atoms with van der Waals surface area (Å²) in [7, 11) is 1.59. The minimum Gasteiger partial charge on any atom is -0.296 e. The molecule has 1 amide bonds. The maximum absolute atomic E-state index is 13.4. The van der Waals surface area contributed by atoms with Crippen molar-refractivity contribution in [3.05, 3.63) is 51.0 Å². The summed E-state index contributed by atoms with van der Waals surface area (Å²) in [5, 5.41) is 8.77. The highest BCUT2D eigenvalue weighted by molar-refractivity contribution is 7.13. The van der Waals surface area contributed by atoms with Crippen molar-refractivity contribution in [3.63, 3.8) is 0 Å². The molecule has 22 heavy (non-hydrogen) atoms. The zero-order valence-corrected chi connectivity index (χ0v) is 12.6. The predicted octanol–water partition coefficient (Wildman–Crippen LogP) is 2.09. The summed E-state index contributed by atoms with van der Waals surface area (Å²) in [4.78, 5) is 28.7. The highest BCUT2D eigenvalue weighted by Gasteiger charge is 2.18. The SMILES string of the molecule is Cc1csc(NC(=O)c2nn(C)c3ccc(F)cc3c2=O)n1. The number of rotatable bonds is 2. The molecule has 0 aliphatic heterocycles. The van der Waals surface area contributed by atoms with Gasteiger partial charge in [0, 0.05) is 12.4 Å². The number of amides is 1. The minimum atomic E-state index is -0.666. The fraction of sp³-hybridized carbons (Fsp3) is 0.143. The Morgan fingerprint density at radius 2 is 2.18 bits per heavy atom. The van der Waals surface area contributed by atoms with Gasteiger partial charge in [-0.1, -0.05) is 0 Å². The van der Waals surface area contributed by atoms with E-state index in [1.807, 2.05) is 0 Å². The van der Waals surface area contributed by atoms with Crippen LogP contribution in [-0.4, -0.2) is 20.7 Å². The van der Waals surface area contributed by atoms with Crippen molar-refractivity contribution >= 4 is 33.3 Å². The average Bonchev–Trinajstić information content (AvgIpc) is 2.87. The molecule has 8 heteroatoms. The minimum absolute atomic E-state index is 0.109. The van der Waals surface area contributed by atoms with Crippen molar-refractivity contribution < 1.29 is 9.18 Å². The second kappa shape index (κ2) is 5.30. The van der Waals surface area contributed by atoms with Gasteiger partial charge in [-0.05, 0) is 25.1 Å². The van der Waals surface area contributed by atoms with E-state index in [0.29, 0.717) is 10.6 Å². The van der Waals surface area contributed by atoms with E-state index in [9.17, 15) is 14.0 Å². The first-order valence-corrected chi connectivity index (χ1v) is 7.24. The maximum atomic E-state index is 13.4. The number of thiazole rings is 1. The van der Waals surface area contributed by atoms with E-state index in [2.05, 4.69) is 15.4 Å². The third kappa shape index (κ3) is 2.48. The quantitative estimate of drug-likeness (QED) is 0.785. The predicted molar refractivity (Wildman–Crippen MR) is 81.7 cm³/mol. The lowest BCUT2D eigenvalue weighted by Gasteiger charge is -2.07. The van der Waals surface area contributed by atoms with Crippen LogP contribution < -0.4 is 10.7 Å². The van der Waals surface area contributed by atoms with Crippen molar-refractivity contribution in [1.82, 2.24) is 14.8 Å². The molecule has 1 N–H and O–H groups in total. The molecule has 0 atom stereocenters. The maximum Gasteiger partial charge on any atom is 0.281 e. The molecule has 2 heterocycles. The number of carbonyl (C=O) groups is 1. The number of fused-ring (bicyclic) bond motifs is 1. The Bertz CT molecular complexity index is 948. The van der Waals surface area contributed by atoms with Crippen molar-refractivity contribution in [2.45, 2.75) is 6.92 Å². The lowest BCUT2D eigenvalue weighted by Crippen LogP contribution is -2.26. The molecule has 0 radical (unpaired) electrons. The number of halogens is 1. The molecule has 0 saturated carbocycles. The lowest BCUT2D eigenvalue weighted by atomic mass is 10.2. The number of hydrogen-bond donors (Lipinski definition) is 1. The number of aryl methyl sites for hydroxylation is 2. The molecule has 1 aromatic carbocycles. The van der Waals surface area contributed by atoms with Gasteiger partial charge in [0.1, 0.15) is 5.82 Å².